The Morgan fingerprint density at radius 1 is 1.24 bits per heavy atom. The molecule has 0 bridgehead atoms. The highest BCUT2D eigenvalue weighted by atomic mass is 32.1. The van der Waals surface area contributed by atoms with Crippen molar-refractivity contribution in [2.75, 3.05) is 6.61 Å². The van der Waals surface area contributed by atoms with Crippen LogP contribution < -0.4 is 0 Å². The lowest BCUT2D eigenvalue weighted by atomic mass is 10.1. The Morgan fingerprint density at radius 3 is 2.90 bits per heavy atom. The zero-order chi connectivity index (χ0) is 14.7. The fraction of sp³-hybridized carbons (Fsp3) is 0.375. The molecule has 0 saturated heterocycles. The molecule has 1 aliphatic rings. The Morgan fingerprint density at radius 2 is 2.10 bits per heavy atom. The number of thiophene rings is 1. The summed E-state index contributed by atoms with van der Waals surface area (Å²) < 4.78 is 5.12. The summed E-state index contributed by atoms with van der Waals surface area (Å²) in [6.07, 6.45) is 7.39. The van der Waals surface area contributed by atoms with E-state index in [-0.39, 0.29) is 12.4 Å². The number of hydrogen-bond donors (Lipinski definition) is 1. The molecule has 2 heterocycles. The average Bonchev–Trinajstić information content (AvgIpc) is 3.11. The van der Waals surface area contributed by atoms with Crippen LogP contribution in [-0.4, -0.2) is 23.3 Å². The molecule has 5 heteroatoms. The third-order valence-corrected chi connectivity index (χ3v) is 4.90. The van der Waals surface area contributed by atoms with Crippen molar-refractivity contribution in [3.63, 3.8) is 0 Å². The van der Waals surface area contributed by atoms with Crippen LogP contribution in [0.5, 0.6) is 0 Å². The van der Waals surface area contributed by atoms with Crippen LogP contribution in [0.25, 0.3) is 0 Å². The summed E-state index contributed by atoms with van der Waals surface area (Å²) in [7, 11) is 0. The lowest BCUT2D eigenvalue weighted by Crippen LogP contribution is -2.13. The number of Topliss-reactive ketones (excluding diaryl/α,β-unsaturated/α-hetero) is 1. The monoisotopic (exact) mass is 303 g/mol. The average molecular weight is 303 g/mol. The van der Waals surface area contributed by atoms with Crippen LogP contribution in [0.4, 0.5) is 0 Å². The lowest BCUT2D eigenvalue weighted by Gasteiger charge is -2.01. The minimum atomic E-state index is -0.395. The molecule has 0 aromatic carbocycles. The van der Waals surface area contributed by atoms with E-state index in [4.69, 9.17) is 4.74 Å². The van der Waals surface area contributed by atoms with Crippen LogP contribution in [0, 0.1) is 0 Å². The number of hydrogen-bond acceptors (Lipinski definition) is 4. The van der Waals surface area contributed by atoms with Gasteiger partial charge in [-0.1, -0.05) is 6.42 Å². The molecule has 21 heavy (non-hydrogen) atoms. The molecule has 2 aromatic rings. The molecule has 1 aliphatic carbocycles. The number of ketones is 1. The van der Waals surface area contributed by atoms with Crippen LogP contribution >= 0.6 is 11.3 Å². The fourth-order valence-electron chi connectivity index (χ4n) is 2.55. The van der Waals surface area contributed by atoms with E-state index in [2.05, 4.69) is 4.98 Å². The molecule has 4 nitrogen and oxygen atoms in total. The van der Waals surface area contributed by atoms with Crippen molar-refractivity contribution < 1.29 is 14.3 Å². The molecule has 0 spiro atoms. The minimum absolute atomic E-state index is 0.216. The number of ether oxygens (including phenoxy) is 1. The molecule has 0 aliphatic heterocycles. The molecular formula is C16H17NO3S. The van der Waals surface area contributed by atoms with Crippen molar-refractivity contribution in [1.82, 2.24) is 4.98 Å². The number of fused-ring (bicyclic) bond motifs is 1. The Balaban J connectivity index is 1.62. The Bertz CT molecular complexity index is 619. The van der Waals surface area contributed by atoms with Crippen molar-refractivity contribution in [2.45, 2.75) is 32.1 Å². The first-order valence-corrected chi connectivity index (χ1v) is 8.01. The normalized spacial score (nSPS) is 14.3. The third kappa shape index (κ3) is 3.24. The van der Waals surface area contributed by atoms with Crippen molar-refractivity contribution in [1.29, 1.82) is 0 Å². The third-order valence-electron chi connectivity index (χ3n) is 3.68. The summed E-state index contributed by atoms with van der Waals surface area (Å²) in [6, 6.07) is 5.35. The van der Waals surface area contributed by atoms with Gasteiger partial charge in [-0.05, 0) is 49.4 Å². The zero-order valence-corrected chi connectivity index (χ0v) is 12.5. The summed E-state index contributed by atoms with van der Waals surface area (Å²) in [5.74, 6) is -0.612. The minimum Gasteiger partial charge on any atom is -0.453 e. The van der Waals surface area contributed by atoms with Gasteiger partial charge in [0, 0.05) is 11.1 Å². The summed E-state index contributed by atoms with van der Waals surface area (Å²) in [6.45, 7) is -0.220. The molecule has 0 radical (unpaired) electrons. The number of rotatable bonds is 4. The molecule has 1 N–H and O–H groups in total. The molecule has 0 atom stereocenters. The van der Waals surface area contributed by atoms with Gasteiger partial charge in [-0.2, -0.15) is 0 Å². The first-order valence-electron chi connectivity index (χ1n) is 7.19. The van der Waals surface area contributed by atoms with Crippen LogP contribution in [0.1, 0.15) is 49.9 Å². The maximum atomic E-state index is 12.0. The van der Waals surface area contributed by atoms with Crippen molar-refractivity contribution in [3.8, 4) is 0 Å². The molecule has 0 unspecified atom stereocenters. The number of nitrogens with one attached hydrogen (secondary N) is 1. The van der Waals surface area contributed by atoms with Gasteiger partial charge in [-0.3, -0.25) is 4.79 Å². The number of aryl methyl sites for hydroxylation is 2. The van der Waals surface area contributed by atoms with E-state index in [1.807, 2.05) is 6.07 Å². The summed E-state index contributed by atoms with van der Waals surface area (Å²) >= 11 is 1.51. The number of aromatic nitrogens is 1. The standard InChI is InChI=1S/C16H17NO3S/c18-13(12-6-4-8-17-12)10-20-16(19)15-9-11-5-2-1-3-7-14(11)21-15/h4,6,8-9,17H,1-3,5,7,10H2. The summed E-state index contributed by atoms with van der Waals surface area (Å²) in [4.78, 5) is 28.5. The van der Waals surface area contributed by atoms with Gasteiger partial charge in [-0.25, -0.2) is 4.79 Å². The van der Waals surface area contributed by atoms with Crippen LogP contribution in [0.2, 0.25) is 0 Å². The highest BCUT2D eigenvalue weighted by Gasteiger charge is 2.18. The van der Waals surface area contributed by atoms with Gasteiger partial charge in [0.15, 0.2) is 6.61 Å². The van der Waals surface area contributed by atoms with Crippen molar-refractivity contribution >= 4 is 23.1 Å². The van der Waals surface area contributed by atoms with Gasteiger partial charge in [-0.15, -0.1) is 11.3 Å². The van der Waals surface area contributed by atoms with Crippen molar-refractivity contribution in [3.05, 3.63) is 45.4 Å². The van der Waals surface area contributed by atoms with E-state index in [1.54, 1.807) is 18.3 Å². The molecule has 2 aromatic heterocycles. The maximum Gasteiger partial charge on any atom is 0.348 e. The molecule has 0 fully saturated rings. The van der Waals surface area contributed by atoms with Gasteiger partial charge in [0.05, 0.1) is 5.69 Å². The fourth-order valence-corrected chi connectivity index (χ4v) is 3.70. The topological polar surface area (TPSA) is 59.2 Å². The number of carbonyl (C=O) groups is 2. The van der Waals surface area contributed by atoms with Gasteiger partial charge in [0.25, 0.3) is 0 Å². The van der Waals surface area contributed by atoms with E-state index >= 15 is 0 Å². The highest BCUT2D eigenvalue weighted by Crippen LogP contribution is 2.29. The second-order valence-electron chi connectivity index (χ2n) is 5.20. The second-order valence-corrected chi connectivity index (χ2v) is 6.34. The smallest absolute Gasteiger partial charge is 0.348 e. The number of H-pyrrole nitrogens is 1. The maximum absolute atomic E-state index is 12.0. The number of esters is 1. The molecule has 0 amide bonds. The Hall–Kier alpha value is -1.88. The van der Waals surface area contributed by atoms with Crippen LogP contribution in [0.15, 0.2) is 24.4 Å². The Kier molecular flexibility index (Phi) is 4.20. The molecule has 3 rings (SSSR count). The summed E-state index contributed by atoms with van der Waals surface area (Å²) in [5, 5.41) is 0. The van der Waals surface area contributed by atoms with E-state index < -0.39 is 5.97 Å². The molecular weight excluding hydrogens is 286 g/mol. The van der Waals surface area contributed by atoms with E-state index in [9.17, 15) is 9.59 Å². The van der Waals surface area contributed by atoms with Crippen LogP contribution in [-0.2, 0) is 17.6 Å². The van der Waals surface area contributed by atoms with Crippen molar-refractivity contribution in [2.24, 2.45) is 0 Å². The summed E-state index contributed by atoms with van der Waals surface area (Å²) in [5.41, 5.74) is 1.74. The van der Waals surface area contributed by atoms with Gasteiger partial charge < -0.3 is 9.72 Å². The second kappa shape index (κ2) is 6.26. The lowest BCUT2D eigenvalue weighted by molar-refractivity contribution is 0.0478. The van der Waals surface area contributed by atoms with Gasteiger partial charge in [0.1, 0.15) is 4.88 Å². The SMILES string of the molecule is O=C(COC(=O)c1cc2c(s1)CCCCC2)c1ccc[nH]1. The van der Waals surface area contributed by atoms with E-state index in [0.717, 1.165) is 12.8 Å². The first kappa shape index (κ1) is 14.1. The quantitative estimate of drug-likeness (QED) is 0.535. The number of aromatic amines is 1. The Labute approximate surface area is 127 Å². The molecule has 0 saturated carbocycles. The largest absolute Gasteiger partial charge is 0.453 e. The zero-order valence-electron chi connectivity index (χ0n) is 11.7. The van der Waals surface area contributed by atoms with Gasteiger partial charge >= 0.3 is 5.97 Å². The first-order chi connectivity index (χ1) is 10.2. The molecule has 110 valence electrons. The number of carbonyl (C=O) groups excluding carboxylic acids is 2. The highest BCUT2D eigenvalue weighted by molar-refractivity contribution is 7.14. The van der Waals surface area contributed by atoms with Crippen LogP contribution in [0.3, 0.4) is 0 Å². The van der Waals surface area contributed by atoms with Gasteiger partial charge in [0.2, 0.25) is 5.78 Å². The predicted molar refractivity (Wildman–Crippen MR) is 81.0 cm³/mol. The van der Waals surface area contributed by atoms with E-state index in [0.29, 0.717) is 10.6 Å². The van der Waals surface area contributed by atoms with E-state index in [1.165, 1.54) is 41.0 Å². The predicted octanol–water partition coefficient (Wildman–Crippen LogP) is 3.38.